The van der Waals surface area contributed by atoms with Crippen molar-refractivity contribution < 1.29 is 148 Å². The number of nitrogens with zero attached hydrogens (tertiary/aromatic N) is 4. The number of nitrogens with one attached hydrogen (secondary N) is 2. The molecule has 0 aliphatic heterocycles. The molecule has 2 heterocycles. The predicted molar refractivity (Wildman–Crippen MR) is 473 cm³/mol. The molecule has 8 aromatic carbocycles. The molecule has 0 aliphatic rings. The third-order valence-electron chi connectivity index (χ3n) is 18.0. The van der Waals surface area contributed by atoms with Crippen LogP contribution in [0.4, 0.5) is 21.2 Å². The number of hydrogen-bond acceptors (Lipinski definition) is 22. The zero-order valence-corrected chi connectivity index (χ0v) is 83.1. The summed E-state index contributed by atoms with van der Waals surface area (Å²) in [4.78, 5) is 121. The molecule has 0 radical (unpaired) electrons. The molecule has 4 N–H and O–H groups in total. The fraction of sp³-hybridized carbons (Fsp3) is 0.319. The van der Waals surface area contributed by atoms with E-state index in [1.54, 1.807) is 72.1 Å². The van der Waals surface area contributed by atoms with Gasteiger partial charge in [0.25, 0.3) is 0 Å². The van der Waals surface area contributed by atoms with Crippen molar-refractivity contribution in [1.82, 2.24) is 20.6 Å². The van der Waals surface area contributed by atoms with E-state index in [-0.39, 0.29) is 153 Å². The van der Waals surface area contributed by atoms with Crippen molar-refractivity contribution >= 4 is 181 Å². The molecule has 26 nitrogen and oxygen atoms in total. The molecule has 4 amide bonds. The number of aromatic nitrogens is 2. The number of esters is 2. The molecule has 0 saturated heterocycles. The molecule has 636 valence electrons. The number of ketones is 2. The van der Waals surface area contributed by atoms with Gasteiger partial charge in [-0.1, -0.05) is 169 Å². The van der Waals surface area contributed by atoms with E-state index < -0.39 is 56.6 Å². The van der Waals surface area contributed by atoms with Crippen LogP contribution in [0.1, 0.15) is 146 Å². The zero-order chi connectivity index (χ0) is 88.6. The Kier molecular flexibility index (Phi) is 50.5. The van der Waals surface area contributed by atoms with Gasteiger partial charge >= 0.3 is 154 Å². The molecule has 10 rings (SSSR count). The summed E-state index contributed by atoms with van der Waals surface area (Å²) in [5.41, 5.74) is 6.81. The molecule has 0 aliphatic carbocycles. The molecule has 0 saturated carbocycles. The number of aryl methyl sites for hydroxylation is 2. The monoisotopic (exact) mass is 1840 g/mol. The molecule has 123 heavy (non-hydrogen) atoms. The number of amides is 4. The van der Waals surface area contributed by atoms with Crippen molar-refractivity contribution in [2.24, 2.45) is 0 Å². The van der Waals surface area contributed by atoms with E-state index >= 15 is 0 Å². The molecule has 2 aromatic heterocycles. The van der Waals surface area contributed by atoms with E-state index in [0.717, 1.165) is 76.3 Å². The molecule has 0 bridgehead atoms. The van der Waals surface area contributed by atoms with Crippen LogP contribution >= 0.6 is 24.2 Å². The number of methoxy groups -OCH3 is 2. The Hall–Kier alpha value is -6.71. The molecule has 3 atom stereocenters. The summed E-state index contributed by atoms with van der Waals surface area (Å²) in [6.07, 6.45) is 3.19. The second-order valence-corrected chi connectivity index (χ2v) is 31.2. The van der Waals surface area contributed by atoms with Gasteiger partial charge in [-0.05, 0) is 205 Å². The molecule has 1 unspecified atom stereocenters. The Labute approximate surface area is 817 Å². The summed E-state index contributed by atoms with van der Waals surface area (Å²) in [5.74, 6) is -0.342. The average Bonchev–Trinajstić information content (AvgIpc) is 0.787. The Balaban J connectivity index is 0.000000402. The van der Waals surface area contributed by atoms with Crippen molar-refractivity contribution in [2.75, 3.05) is 50.2 Å². The molecular weight excluding hydrogens is 1740 g/mol. The van der Waals surface area contributed by atoms with Crippen molar-refractivity contribution in [1.29, 1.82) is 0 Å². The number of Topliss-reactive ketones (excluding diaryl/α,β-unsaturated/α-hetero) is 2. The van der Waals surface area contributed by atoms with Crippen LogP contribution < -0.4 is 96.9 Å². The number of halogens is 1. The zero-order valence-electron chi connectivity index (χ0n) is 71.3. The Bertz CT molecular complexity index is 5040. The first-order chi connectivity index (χ1) is 57.8. The maximum absolute atomic E-state index is 13.2. The quantitative estimate of drug-likeness (QED) is 0.00741. The number of pyridine rings is 2. The van der Waals surface area contributed by atoms with Crippen LogP contribution in [-0.2, 0) is 70.2 Å². The van der Waals surface area contributed by atoms with Gasteiger partial charge in [-0.15, -0.1) is 0 Å². The first kappa shape index (κ1) is 109. The number of benzene rings is 8. The Morgan fingerprint density at radius 3 is 1.33 bits per heavy atom. The molecule has 0 spiro atoms. The van der Waals surface area contributed by atoms with Gasteiger partial charge in [0.2, 0.25) is 11.8 Å². The van der Waals surface area contributed by atoms with Crippen LogP contribution in [0, 0.1) is 13.8 Å². The summed E-state index contributed by atoms with van der Waals surface area (Å²) in [6.45, 7) is 15.5. The second-order valence-electron chi connectivity index (χ2n) is 29.7. The Morgan fingerprint density at radius 2 is 0.935 bits per heavy atom. The fourth-order valence-corrected chi connectivity index (χ4v) is 12.4. The van der Waals surface area contributed by atoms with Gasteiger partial charge in [0.05, 0.1) is 40.2 Å². The van der Waals surface area contributed by atoms with Crippen molar-refractivity contribution in [2.45, 2.75) is 150 Å². The van der Waals surface area contributed by atoms with E-state index in [2.05, 4.69) is 53.3 Å². The topological polar surface area (TPSA) is 361 Å². The number of anilines is 2. The van der Waals surface area contributed by atoms with Gasteiger partial charge < -0.3 is 59.3 Å². The molecule has 10 aromatic rings. The third-order valence-corrected chi connectivity index (χ3v) is 18.6. The first-order valence-corrected chi connectivity index (χ1v) is 57.3. The van der Waals surface area contributed by atoms with Gasteiger partial charge in [0, 0.05) is 67.5 Å². The van der Waals surface area contributed by atoms with Crippen LogP contribution in [-0.4, -0.2) is 189 Å². The van der Waals surface area contributed by atoms with Crippen LogP contribution in [0.15, 0.2) is 223 Å². The van der Waals surface area contributed by atoms with Gasteiger partial charge in [-0.3, -0.25) is 38.6 Å². The summed E-state index contributed by atoms with van der Waals surface area (Å²) in [7, 11) is -2.01. The first-order valence-electron chi connectivity index (χ1n) is 39.4. The van der Waals surface area contributed by atoms with E-state index in [1.165, 1.54) is 87.2 Å². The van der Waals surface area contributed by atoms with Gasteiger partial charge in [0.1, 0.15) is 47.6 Å². The number of rotatable bonds is 33. The molecular formula is C91H104BBrK3N6O20P. The van der Waals surface area contributed by atoms with Crippen molar-refractivity contribution in [3.63, 3.8) is 0 Å². The van der Waals surface area contributed by atoms with Gasteiger partial charge in [-0.2, -0.15) is 0 Å². The van der Waals surface area contributed by atoms with Crippen LogP contribution in [0.25, 0.3) is 32.7 Å². The van der Waals surface area contributed by atoms with Crippen LogP contribution in [0.5, 0.6) is 11.5 Å². The third kappa shape index (κ3) is 40.4. The van der Waals surface area contributed by atoms with E-state index in [0.29, 0.717) is 48.9 Å². The normalized spacial score (nSPS) is 11.2. The summed E-state index contributed by atoms with van der Waals surface area (Å²) in [6, 6.07) is 65.7. The van der Waals surface area contributed by atoms with Crippen molar-refractivity contribution in [3.8, 4) is 22.6 Å². The van der Waals surface area contributed by atoms with E-state index in [4.69, 9.17) is 43.1 Å². The number of carbonyl (C=O) groups excluding carboxylic acids is 8. The second kappa shape index (κ2) is 57.2. The molecule has 32 heteroatoms. The Morgan fingerprint density at radius 1 is 0.537 bits per heavy atom. The maximum atomic E-state index is 13.2. The average molecular weight is 1840 g/mol. The SMILES string of the molecule is C.COC(=O)C[C@H](CC(=O)CNC(=O)CCCN(C(=O)OC(C)(C)C)c1cc(C)ccn1)c1ccc(-c2cccc3ccc(OCc4ccccc4)cc23)cc1.COC(=O)C[C@H](CC(=O)CNC(=O)CCCN(C(=O)OC(C)(C)C)c1cc(C)ccn1)c1ccc(Br)cc1.O=[P+]([O-])O[O-].OB(O)c1cccc2ccc(OCc3ccccc3)cc12.[K+].[K][K]. The minimum atomic E-state index is -3.15. The van der Waals surface area contributed by atoms with Crippen molar-refractivity contribution in [3.05, 3.63) is 257 Å². The number of ether oxygens (including phenoxy) is 6. The van der Waals surface area contributed by atoms with E-state index in [9.17, 15) is 48.4 Å². The number of carbonyl (C=O) groups is 8. The molecule has 0 fully saturated rings. The van der Waals surface area contributed by atoms with Crippen LogP contribution in [0.2, 0.25) is 0 Å². The fourth-order valence-electron chi connectivity index (χ4n) is 12.1. The summed E-state index contributed by atoms with van der Waals surface area (Å²) >= 11 is 5.88. The van der Waals surface area contributed by atoms with Gasteiger partial charge in [-0.25, -0.2) is 24.2 Å². The van der Waals surface area contributed by atoms with E-state index in [1.807, 2.05) is 190 Å². The van der Waals surface area contributed by atoms with Gasteiger partial charge in [0.15, 0.2) is 11.6 Å². The number of fused-ring (bicyclic) bond motifs is 2. The number of hydrogen-bond donors (Lipinski definition) is 4. The minimum absolute atomic E-state index is 0. The standard InChI is InChI=1S/C45H49N3O7.C28H36BrN3O6.C17H15BO3.CH4.3K.HO4P/c1-31-22-23-46-41(25-31)48(44(52)55-45(2,3)4)24-10-15-42(50)47-29-37(49)26-36(27-43(51)53-5)33-16-18-35(19-17-33)39-14-9-13-34-20-21-38(28-40(34)39)54-30-32-11-7-6-8-12-32;1-19-12-13-30-24(15-19)32(27(36)38-28(2,3)4)14-6-7-25(34)31-18-23(33)16-21(17-26(35)37-5)20-8-10-22(29)11-9-20;19-18(20)17-8-4-7-14-9-10-15(11-16(14)17)21-12-13-5-2-1-3-6-13;;;;;1-4-5(2)3/h6-9,11-14,16-23,25,28,36H,10,15,24,26-27,29-30H2,1-5H3,(H,47,50);8-13,15,21H,6-7,14,16-18H2,1-5H3,(H,31,34);1-11,19-20H,12H2;1H4;;;;1H/q;;;;;;+1;/p-1/t36-;21-;;;;;;/m00....../s1. The predicted octanol–water partition coefficient (Wildman–Crippen LogP) is 11.1. The summed E-state index contributed by atoms with van der Waals surface area (Å²) in [5, 5.41) is 36.6. The van der Waals surface area contributed by atoms with Crippen LogP contribution in [0.3, 0.4) is 0 Å². The summed E-state index contributed by atoms with van der Waals surface area (Å²) < 4.78 is 44.9.